The van der Waals surface area contributed by atoms with E-state index in [9.17, 15) is 9.90 Å². The quantitative estimate of drug-likeness (QED) is 0.612. The average molecular weight is 426 g/mol. The largest absolute Gasteiger partial charge is 0.389 e. The summed E-state index contributed by atoms with van der Waals surface area (Å²) in [5, 5.41) is 27.3. The Morgan fingerprint density at radius 1 is 1.29 bits per heavy atom. The molecule has 4 heterocycles. The zero-order valence-electron chi connectivity index (χ0n) is 17.5. The molecule has 1 saturated heterocycles. The number of aromatic nitrogens is 7. The van der Waals surface area contributed by atoms with Crippen molar-refractivity contribution >= 4 is 5.91 Å². The van der Waals surface area contributed by atoms with Crippen LogP contribution >= 0.6 is 0 Å². The van der Waals surface area contributed by atoms with Crippen LogP contribution in [-0.2, 0) is 17.8 Å². The Morgan fingerprint density at radius 3 is 2.77 bits per heavy atom. The fraction of sp³-hybridized carbons (Fsp3) is 0.600. The van der Waals surface area contributed by atoms with Gasteiger partial charge in [0.05, 0.1) is 23.9 Å². The Morgan fingerprint density at radius 2 is 2.10 bits per heavy atom. The van der Waals surface area contributed by atoms with E-state index in [-0.39, 0.29) is 11.8 Å². The number of hydrogen-bond acceptors (Lipinski definition) is 8. The predicted molar refractivity (Wildman–Crippen MR) is 107 cm³/mol. The van der Waals surface area contributed by atoms with Crippen molar-refractivity contribution in [2.75, 3.05) is 13.1 Å². The topological polar surface area (TPSA) is 128 Å². The minimum atomic E-state index is -0.898. The van der Waals surface area contributed by atoms with Gasteiger partial charge < -0.3 is 14.5 Å². The SMILES string of the molecule is Cc1cc(Cn2cc(CC3(O)CC(C(=O)N4CCC(n5cncn5)CC4)C3)nn2)no1. The molecule has 3 aromatic heterocycles. The highest BCUT2D eigenvalue weighted by Gasteiger charge is 2.48. The van der Waals surface area contributed by atoms with Crippen LogP contribution in [0.1, 0.15) is 48.9 Å². The zero-order valence-corrected chi connectivity index (χ0v) is 17.5. The number of carbonyl (C=O) groups is 1. The van der Waals surface area contributed by atoms with Crippen LogP contribution < -0.4 is 0 Å². The van der Waals surface area contributed by atoms with Crippen LogP contribution in [0.3, 0.4) is 0 Å². The highest BCUT2D eigenvalue weighted by Crippen LogP contribution is 2.41. The molecule has 1 aliphatic carbocycles. The van der Waals surface area contributed by atoms with Crippen molar-refractivity contribution in [3.05, 3.63) is 42.1 Å². The van der Waals surface area contributed by atoms with Gasteiger partial charge in [-0.05, 0) is 32.6 Å². The molecule has 0 unspecified atom stereocenters. The van der Waals surface area contributed by atoms with Gasteiger partial charge in [-0.3, -0.25) is 4.79 Å². The second-order valence-corrected chi connectivity index (χ2v) is 8.77. The number of rotatable bonds is 6. The van der Waals surface area contributed by atoms with E-state index in [1.165, 1.54) is 0 Å². The number of piperidine rings is 1. The summed E-state index contributed by atoms with van der Waals surface area (Å²) in [6.45, 7) is 3.74. The first-order valence-corrected chi connectivity index (χ1v) is 10.6. The molecule has 0 bridgehead atoms. The molecule has 0 spiro atoms. The number of aliphatic hydroxyl groups is 1. The summed E-state index contributed by atoms with van der Waals surface area (Å²) in [5.74, 6) is 0.769. The summed E-state index contributed by atoms with van der Waals surface area (Å²) in [7, 11) is 0. The molecule has 0 atom stereocenters. The summed E-state index contributed by atoms with van der Waals surface area (Å²) in [4.78, 5) is 18.8. The van der Waals surface area contributed by atoms with Crippen molar-refractivity contribution in [3.63, 3.8) is 0 Å². The van der Waals surface area contributed by atoms with Crippen LogP contribution in [0.5, 0.6) is 0 Å². The number of likely N-dealkylation sites (tertiary alicyclic amines) is 1. The molecule has 11 heteroatoms. The first-order chi connectivity index (χ1) is 15.0. The maximum absolute atomic E-state index is 12.9. The number of carbonyl (C=O) groups excluding carboxylic acids is 1. The van der Waals surface area contributed by atoms with Crippen molar-refractivity contribution < 1.29 is 14.4 Å². The zero-order chi connectivity index (χ0) is 21.4. The maximum Gasteiger partial charge on any atom is 0.225 e. The van der Waals surface area contributed by atoms with Gasteiger partial charge in [0.2, 0.25) is 5.91 Å². The number of hydrogen-bond donors (Lipinski definition) is 1. The Bertz CT molecular complexity index is 1030. The summed E-state index contributed by atoms with van der Waals surface area (Å²) >= 11 is 0. The van der Waals surface area contributed by atoms with Crippen molar-refractivity contribution in [1.82, 2.24) is 39.8 Å². The standard InChI is InChI=1S/C20H26N8O3/c1-14-6-16(24-31-14)10-27-11-17(23-25-27)9-20(30)7-15(8-20)19(29)26-4-2-18(3-5-26)28-13-21-12-22-28/h6,11-13,15,18,30H,2-5,7-10H2,1H3. The van der Waals surface area contributed by atoms with Gasteiger partial charge in [0.25, 0.3) is 0 Å². The number of nitrogens with zero attached hydrogens (tertiary/aromatic N) is 8. The summed E-state index contributed by atoms with van der Waals surface area (Å²) in [6.07, 6.45) is 8.15. The molecule has 5 rings (SSSR count). The second-order valence-electron chi connectivity index (χ2n) is 8.77. The van der Waals surface area contributed by atoms with Crippen LogP contribution in [0, 0.1) is 12.8 Å². The van der Waals surface area contributed by atoms with E-state index in [2.05, 4.69) is 25.6 Å². The first-order valence-electron chi connectivity index (χ1n) is 10.6. The van der Waals surface area contributed by atoms with Crippen LogP contribution in [0.25, 0.3) is 0 Å². The lowest BCUT2D eigenvalue weighted by Gasteiger charge is -2.45. The van der Waals surface area contributed by atoms with E-state index in [1.54, 1.807) is 17.3 Å². The molecular weight excluding hydrogens is 400 g/mol. The lowest BCUT2D eigenvalue weighted by molar-refractivity contribution is -0.153. The lowest BCUT2D eigenvalue weighted by Crippen LogP contribution is -2.53. The normalized spacial score (nSPS) is 24.3. The van der Waals surface area contributed by atoms with E-state index in [1.807, 2.05) is 28.8 Å². The third-order valence-electron chi connectivity index (χ3n) is 6.29. The minimum absolute atomic E-state index is 0.124. The van der Waals surface area contributed by atoms with Gasteiger partial charge in [0.1, 0.15) is 24.1 Å². The van der Waals surface area contributed by atoms with Gasteiger partial charge >= 0.3 is 0 Å². The van der Waals surface area contributed by atoms with Gasteiger partial charge in [-0.15, -0.1) is 5.10 Å². The van der Waals surface area contributed by atoms with E-state index < -0.39 is 5.60 Å². The number of amides is 1. The third-order valence-corrected chi connectivity index (χ3v) is 6.29. The van der Waals surface area contributed by atoms with Crippen molar-refractivity contribution in [1.29, 1.82) is 0 Å². The lowest BCUT2D eigenvalue weighted by atomic mass is 9.68. The molecule has 2 fully saturated rings. The molecule has 164 valence electrons. The molecule has 0 radical (unpaired) electrons. The van der Waals surface area contributed by atoms with E-state index in [0.717, 1.165) is 24.3 Å². The van der Waals surface area contributed by atoms with Crippen molar-refractivity contribution in [3.8, 4) is 0 Å². The first kappa shape index (κ1) is 19.9. The van der Waals surface area contributed by atoms with Gasteiger partial charge in [-0.1, -0.05) is 10.4 Å². The van der Waals surface area contributed by atoms with Crippen LogP contribution in [-0.4, -0.2) is 69.5 Å². The summed E-state index contributed by atoms with van der Waals surface area (Å²) < 4.78 is 8.62. The molecular formula is C20H26N8O3. The summed E-state index contributed by atoms with van der Waals surface area (Å²) in [6, 6.07) is 2.15. The van der Waals surface area contributed by atoms with Gasteiger partial charge in [-0.2, -0.15) is 5.10 Å². The van der Waals surface area contributed by atoms with E-state index in [4.69, 9.17) is 4.52 Å². The molecule has 1 saturated carbocycles. The van der Waals surface area contributed by atoms with E-state index in [0.29, 0.717) is 50.6 Å². The highest BCUT2D eigenvalue weighted by atomic mass is 16.5. The third kappa shape index (κ3) is 4.22. The molecule has 1 N–H and O–H groups in total. The van der Waals surface area contributed by atoms with Crippen LogP contribution in [0.4, 0.5) is 0 Å². The Hall–Kier alpha value is -3.08. The molecule has 1 aliphatic heterocycles. The molecule has 3 aromatic rings. The second kappa shape index (κ2) is 7.88. The van der Waals surface area contributed by atoms with Crippen LogP contribution in [0.2, 0.25) is 0 Å². The number of aryl methyl sites for hydroxylation is 1. The van der Waals surface area contributed by atoms with Gasteiger partial charge in [-0.25, -0.2) is 14.3 Å². The summed E-state index contributed by atoms with van der Waals surface area (Å²) in [5.41, 5.74) is 0.585. The maximum atomic E-state index is 12.9. The fourth-order valence-electron chi connectivity index (χ4n) is 4.68. The molecule has 0 aromatic carbocycles. The monoisotopic (exact) mass is 426 g/mol. The van der Waals surface area contributed by atoms with Crippen LogP contribution in [0.15, 0.2) is 29.4 Å². The van der Waals surface area contributed by atoms with Gasteiger partial charge in [0, 0.05) is 37.7 Å². The smallest absolute Gasteiger partial charge is 0.225 e. The Labute approximate surface area is 179 Å². The highest BCUT2D eigenvalue weighted by molar-refractivity contribution is 5.80. The van der Waals surface area contributed by atoms with Crippen molar-refractivity contribution in [2.45, 2.75) is 57.2 Å². The molecule has 11 nitrogen and oxygen atoms in total. The Balaban J connectivity index is 1.10. The fourth-order valence-corrected chi connectivity index (χ4v) is 4.68. The molecule has 31 heavy (non-hydrogen) atoms. The van der Waals surface area contributed by atoms with E-state index >= 15 is 0 Å². The molecule has 1 amide bonds. The van der Waals surface area contributed by atoms with Crippen molar-refractivity contribution in [2.24, 2.45) is 5.92 Å². The minimum Gasteiger partial charge on any atom is -0.389 e. The average Bonchev–Trinajstić information content (AvgIpc) is 3.49. The molecule has 2 aliphatic rings. The van der Waals surface area contributed by atoms with Gasteiger partial charge in [0.15, 0.2) is 0 Å². The Kier molecular flexibility index (Phi) is 5.05. The predicted octanol–water partition coefficient (Wildman–Crippen LogP) is 0.762.